The standard InChI is InChI=1S/C17H23FN6O.C2H4O/c1-19-8-13(22-25)9-21-12-3-4-14(15(18)7-12)16-10-24-6-5-20-17(24)11-23(16)2;1-2-3/h3-7,13,16,19,21H,8-11H2,1-2H3;2H,1H3. The molecule has 0 radical (unpaired) electrons. The number of carbonyl (C=O) groups excluding carboxylic acids is 1. The molecular formula is C19H27FN6O2. The SMILES string of the molecule is CC=O.CNCC(CNc1ccc(C2Cn3ccnc3CN2C)c(F)c1)N=O. The van der Waals surface area contributed by atoms with Crippen molar-refractivity contribution in [2.75, 3.05) is 32.5 Å². The van der Waals surface area contributed by atoms with Gasteiger partial charge >= 0.3 is 0 Å². The second-order valence-electron chi connectivity index (χ2n) is 6.60. The van der Waals surface area contributed by atoms with Crippen molar-refractivity contribution in [3.8, 4) is 0 Å². The number of halogens is 1. The summed E-state index contributed by atoms with van der Waals surface area (Å²) in [5.74, 6) is 0.740. The lowest BCUT2D eigenvalue weighted by Crippen LogP contribution is -2.34. The van der Waals surface area contributed by atoms with Crippen LogP contribution in [-0.4, -0.2) is 54.0 Å². The molecule has 9 heteroatoms. The van der Waals surface area contributed by atoms with E-state index in [1.165, 1.54) is 13.0 Å². The largest absolute Gasteiger partial charge is 0.383 e. The second-order valence-corrected chi connectivity index (χ2v) is 6.60. The molecule has 0 amide bonds. The maximum absolute atomic E-state index is 14.7. The normalized spacial score (nSPS) is 17.1. The van der Waals surface area contributed by atoms with Crippen molar-refractivity contribution in [2.24, 2.45) is 5.18 Å². The molecule has 0 bridgehead atoms. The third kappa shape index (κ3) is 5.43. The molecule has 0 spiro atoms. The van der Waals surface area contributed by atoms with Crippen LogP contribution in [0, 0.1) is 10.7 Å². The molecule has 1 aromatic carbocycles. The van der Waals surface area contributed by atoms with Crippen LogP contribution in [0.4, 0.5) is 10.1 Å². The van der Waals surface area contributed by atoms with E-state index in [1.54, 1.807) is 13.2 Å². The molecule has 1 aliphatic heterocycles. The number of fused-ring (bicyclic) bond motifs is 1. The number of hydrogen-bond donors (Lipinski definition) is 2. The molecule has 2 heterocycles. The van der Waals surface area contributed by atoms with Gasteiger partial charge in [-0.1, -0.05) is 11.2 Å². The zero-order valence-electron chi connectivity index (χ0n) is 16.4. The van der Waals surface area contributed by atoms with E-state index in [-0.39, 0.29) is 11.9 Å². The van der Waals surface area contributed by atoms with E-state index in [0.29, 0.717) is 37.4 Å². The summed E-state index contributed by atoms with van der Waals surface area (Å²) in [6, 6.07) is 4.70. The maximum atomic E-state index is 14.7. The first-order valence-electron chi connectivity index (χ1n) is 9.14. The Balaban J connectivity index is 0.000000878. The van der Waals surface area contributed by atoms with E-state index in [9.17, 15) is 9.30 Å². The number of nitrogens with zero attached hydrogens (tertiary/aromatic N) is 4. The Labute approximate surface area is 164 Å². The number of likely N-dealkylation sites (N-methyl/N-ethyl adjacent to an activating group) is 2. The van der Waals surface area contributed by atoms with E-state index in [2.05, 4.69) is 30.3 Å². The number of rotatable bonds is 7. The van der Waals surface area contributed by atoms with Crippen molar-refractivity contribution >= 4 is 12.0 Å². The number of aromatic nitrogens is 2. The van der Waals surface area contributed by atoms with Crippen molar-refractivity contribution in [3.05, 3.63) is 52.7 Å². The first kappa shape index (κ1) is 21.6. The molecule has 1 aromatic heterocycles. The number of hydrogen-bond acceptors (Lipinski definition) is 7. The highest BCUT2D eigenvalue weighted by Gasteiger charge is 2.27. The van der Waals surface area contributed by atoms with Gasteiger partial charge in [-0.05, 0) is 33.2 Å². The summed E-state index contributed by atoms with van der Waals surface area (Å²) in [5, 5.41) is 9.03. The molecule has 0 saturated heterocycles. The maximum Gasteiger partial charge on any atom is 0.130 e. The van der Waals surface area contributed by atoms with Crippen molar-refractivity contribution in [2.45, 2.75) is 32.1 Å². The van der Waals surface area contributed by atoms with Gasteiger partial charge in [0.2, 0.25) is 0 Å². The Hall–Kier alpha value is -2.65. The molecule has 3 rings (SSSR count). The minimum atomic E-state index is -0.392. The fourth-order valence-electron chi connectivity index (χ4n) is 3.18. The third-order valence-corrected chi connectivity index (χ3v) is 4.58. The zero-order valence-corrected chi connectivity index (χ0v) is 16.4. The van der Waals surface area contributed by atoms with Crippen LogP contribution in [0.25, 0.3) is 0 Å². The van der Waals surface area contributed by atoms with Crippen LogP contribution in [-0.2, 0) is 17.9 Å². The van der Waals surface area contributed by atoms with Crippen LogP contribution >= 0.6 is 0 Å². The fourth-order valence-corrected chi connectivity index (χ4v) is 3.18. The first-order valence-corrected chi connectivity index (χ1v) is 9.14. The minimum Gasteiger partial charge on any atom is -0.383 e. The van der Waals surface area contributed by atoms with Crippen molar-refractivity contribution < 1.29 is 9.18 Å². The van der Waals surface area contributed by atoms with Crippen molar-refractivity contribution in [1.82, 2.24) is 19.8 Å². The summed E-state index contributed by atoms with van der Waals surface area (Å²) >= 11 is 0. The van der Waals surface area contributed by atoms with Gasteiger partial charge in [0, 0.05) is 43.3 Å². The predicted molar refractivity (Wildman–Crippen MR) is 107 cm³/mol. The molecule has 0 aliphatic carbocycles. The van der Waals surface area contributed by atoms with E-state index in [4.69, 9.17) is 4.79 Å². The minimum absolute atomic E-state index is 0.0376. The van der Waals surface area contributed by atoms with Gasteiger partial charge in [-0.3, -0.25) is 4.90 Å². The van der Waals surface area contributed by atoms with Gasteiger partial charge < -0.3 is 20.0 Å². The molecule has 0 fully saturated rings. The zero-order chi connectivity index (χ0) is 20.5. The van der Waals surface area contributed by atoms with Crippen molar-refractivity contribution in [1.29, 1.82) is 0 Å². The lowest BCUT2D eigenvalue weighted by Gasteiger charge is -2.33. The van der Waals surface area contributed by atoms with Crippen LogP contribution in [0.3, 0.4) is 0 Å². The molecule has 2 N–H and O–H groups in total. The summed E-state index contributed by atoms with van der Waals surface area (Å²) in [5.41, 5.74) is 1.31. The van der Waals surface area contributed by atoms with Gasteiger partial charge in [-0.15, -0.1) is 0 Å². The van der Waals surface area contributed by atoms with E-state index in [0.717, 1.165) is 12.1 Å². The Morgan fingerprint density at radius 1 is 1.43 bits per heavy atom. The number of imidazole rings is 1. The lowest BCUT2D eigenvalue weighted by molar-refractivity contribution is -0.106. The number of anilines is 1. The highest BCUT2D eigenvalue weighted by molar-refractivity contribution is 5.46. The fraction of sp³-hybridized carbons (Fsp3) is 0.474. The summed E-state index contributed by atoms with van der Waals surface area (Å²) in [6.45, 7) is 3.66. The Morgan fingerprint density at radius 2 is 2.18 bits per heavy atom. The van der Waals surface area contributed by atoms with Gasteiger partial charge in [0.25, 0.3) is 0 Å². The number of nitroso groups, excluding NO2 is 1. The Morgan fingerprint density at radius 3 is 2.82 bits per heavy atom. The number of carbonyl (C=O) groups is 1. The first-order chi connectivity index (χ1) is 13.5. The van der Waals surface area contributed by atoms with Crippen LogP contribution < -0.4 is 10.6 Å². The summed E-state index contributed by atoms with van der Waals surface area (Å²) < 4.78 is 16.7. The molecule has 0 saturated carbocycles. The molecule has 8 nitrogen and oxygen atoms in total. The second kappa shape index (κ2) is 10.6. The quantitative estimate of drug-likeness (QED) is 0.556. The number of nitrogens with one attached hydrogen (secondary N) is 2. The van der Waals surface area contributed by atoms with E-state index >= 15 is 0 Å². The van der Waals surface area contributed by atoms with E-state index < -0.39 is 6.04 Å². The molecule has 2 atom stereocenters. The monoisotopic (exact) mass is 390 g/mol. The number of aldehydes is 1. The predicted octanol–water partition coefficient (Wildman–Crippen LogP) is 2.18. The van der Waals surface area contributed by atoms with Gasteiger partial charge in [-0.25, -0.2) is 9.37 Å². The highest BCUT2D eigenvalue weighted by Crippen LogP contribution is 2.30. The van der Waals surface area contributed by atoms with Crippen LogP contribution in [0.5, 0.6) is 0 Å². The number of benzene rings is 1. The average molecular weight is 390 g/mol. The summed E-state index contributed by atoms with van der Waals surface area (Å²) in [6.07, 6.45) is 4.45. The summed E-state index contributed by atoms with van der Waals surface area (Å²) in [7, 11) is 3.74. The van der Waals surface area contributed by atoms with Gasteiger partial charge in [0.15, 0.2) is 0 Å². The molecule has 2 aromatic rings. The van der Waals surface area contributed by atoms with Gasteiger partial charge in [0.1, 0.15) is 24.0 Å². The van der Waals surface area contributed by atoms with E-state index in [1.807, 2.05) is 25.4 Å². The van der Waals surface area contributed by atoms with Gasteiger partial charge in [-0.2, -0.15) is 4.91 Å². The Kier molecular flexibility index (Phi) is 8.21. The summed E-state index contributed by atoms with van der Waals surface area (Å²) in [4.78, 5) is 26.0. The third-order valence-electron chi connectivity index (χ3n) is 4.58. The molecule has 1 aliphatic rings. The average Bonchev–Trinajstić information content (AvgIpc) is 3.12. The van der Waals surface area contributed by atoms with Crippen LogP contribution in [0.15, 0.2) is 35.8 Å². The lowest BCUT2D eigenvalue weighted by atomic mass is 10.0. The van der Waals surface area contributed by atoms with Crippen LogP contribution in [0.2, 0.25) is 0 Å². The van der Waals surface area contributed by atoms with Gasteiger partial charge in [0.05, 0.1) is 12.6 Å². The Bertz CT molecular complexity index is 782. The molecule has 152 valence electrons. The molecular weight excluding hydrogens is 363 g/mol. The van der Waals surface area contributed by atoms with Crippen molar-refractivity contribution in [3.63, 3.8) is 0 Å². The topological polar surface area (TPSA) is 91.6 Å². The highest BCUT2D eigenvalue weighted by atomic mass is 19.1. The molecule has 2 unspecified atom stereocenters. The molecule has 28 heavy (non-hydrogen) atoms. The smallest absolute Gasteiger partial charge is 0.130 e. The van der Waals surface area contributed by atoms with Crippen LogP contribution in [0.1, 0.15) is 24.4 Å².